The summed E-state index contributed by atoms with van der Waals surface area (Å²) in [4.78, 5) is 21.4. The maximum atomic E-state index is 12.8. The minimum Gasteiger partial charge on any atom is -0.386 e. The maximum absolute atomic E-state index is 12.8. The molecule has 2 saturated heterocycles. The number of amides is 1. The molecule has 2 bridgehead atoms. The Morgan fingerprint density at radius 3 is 2.65 bits per heavy atom. The number of benzene rings is 1. The van der Waals surface area contributed by atoms with Gasteiger partial charge >= 0.3 is 0 Å². The number of carbonyl (C=O) groups is 1. The number of thiophene rings is 1. The molecule has 7 heteroatoms. The van der Waals surface area contributed by atoms with Crippen LogP contribution in [0.1, 0.15) is 33.6 Å². The molecule has 2 aliphatic rings. The number of anilines is 2. The van der Waals surface area contributed by atoms with E-state index in [0.717, 1.165) is 41.0 Å². The molecule has 6 nitrogen and oxygen atoms in total. The van der Waals surface area contributed by atoms with Gasteiger partial charge in [-0.3, -0.25) is 4.79 Å². The van der Waals surface area contributed by atoms with Crippen LogP contribution >= 0.6 is 11.3 Å². The molecule has 162 valence electrons. The number of aryl methyl sites for hydroxylation is 1. The third kappa shape index (κ3) is 4.00. The van der Waals surface area contributed by atoms with E-state index in [9.17, 15) is 4.79 Å². The second-order valence-corrected chi connectivity index (χ2v) is 9.58. The number of nitrogens with zero attached hydrogens (tertiary/aromatic N) is 2. The van der Waals surface area contributed by atoms with Gasteiger partial charge in [-0.1, -0.05) is 12.1 Å². The van der Waals surface area contributed by atoms with Crippen molar-refractivity contribution < 1.29 is 4.79 Å². The Morgan fingerprint density at radius 2 is 1.94 bits per heavy atom. The van der Waals surface area contributed by atoms with E-state index >= 15 is 0 Å². The summed E-state index contributed by atoms with van der Waals surface area (Å²) in [7, 11) is 1.86. The number of hydrogen-bond donors (Lipinski definition) is 3. The lowest BCUT2D eigenvalue weighted by Crippen LogP contribution is -2.51. The number of piperazine rings is 1. The van der Waals surface area contributed by atoms with Gasteiger partial charge in [-0.25, -0.2) is 4.98 Å². The monoisotopic (exact) mass is 435 g/mol. The lowest BCUT2D eigenvalue weighted by atomic mass is 10.1. The van der Waals surface area contributed by atoms with Crippen LogP contribution in [0.4, 0.5) is 11.4 Å². The fourth-order valence-corrected chi connectivity index (χ4v) is 6.00. The summed E-state index contributed by atoms with van der Waals surface area (Å²) in [5.74, 6) is -0.0420. The van der Waals surface area contributed by atoms with Crippen LogP contribution < -0.4 is 20.9 Å². The van der Waals surface area contributed by atoms with Crippen LogP contribution in [0.15, 0.2) is 36.5 Å². The quantitative estimate of drug-likeness (QED) is 0.552. The van der Waals surface area contributed by atoms with Gasteiger partial charge in [0.2, 0.25) is 0 Å². The largest absolute Gasteiger partial charge is 0.386 e. The van der Waals surface area contributed by atoms with Crippen molar-refractivity contribution in [3.8, 4) is 0 Å². The fraction of sp³-hybridized carbons (Fsp3) is 0.417. The molecule has 0 spiro atoms. The Balaban J connectivity index is 1.20. The number of fused-ring (bicyclic) bond motifs is 3. The summed E-state index contributed by atoms with van der Waals surface area (Å²) in [6.07, 6.45) is 5.20. The molecule has 2 fully saturated rings. The van der Waals surface area contributed by atoms with E-state index < -0.39 is 0 Å². The Morgan fingerprint density at radius 1 is 1.19 bits per heavy atom. The molecule has 2 aliphatic heterocycles. The molecule has 0 radical (unpaired) electrons. The van der Waals surface area contributed by atoms with Crippen molar-refractivity contribution >= 4 is 38.8 Å². The number of carbonyl (C=O) groups excluding carboxylic acids is 1. The summed E-state index contributed by atoms with van der Waals surface area (Å²) in [5.41, 5.74) is 4.54. The normalized spacial score (nSPS) is 20.3. The van der Waals surface area contributed by atoms with Gasteiger partial charge in [0.05, 0.1) is 5.69 Å². The van der Waals surface area contributed by atoms with Crippen molar-refractivity contribution in [2.75, 3.05) is 36.9 Å². The SMILES string of the molecule is CNc1c(C(=O)NCCc2ccc(N3CC4CC[C@@H](C3)N4)cc2)sc2nccc(C)c12. The summed E-state index contributed by atoms with van der Waals surface area (Å²) >= 11 is 1.44. The zero-order chi connectivity index (χ0) is 21.4. The van der Waals surface area contributed by atoms with Crippen LogP contribution in [-0.4, -0.2) is 49.7 Å². The number of pyridine rings is 1. The average Bonchev–Trinajstić information content (AvgIpc) is 3.34. The summed E-state index contributed by atoms with van der Waals surface area (Å²) < 4.78 is 0. The molecule has 1 aromatic carbocycles. The fourth-order valence-electron chi connectivity index (χ4n) is 4.86. The highest BCUT2D eigenvalue weighted by molar-refractivity contribution is 7.21. The van der Waals surface area contributed by atoms with E-state index in [-0.39, 0.29) is 5.91 Å². The molecular weight excluding hydrogens is 406 g/mol. The Labute approximate surface area is 187 Å². The van der Waals surface area contributed by atoms with Crippen LogP contribution in [0.25, 0.3) is 10.2 Å². The summed E-state index contributed by atoms with van der Waals surface area (Å²) in [6, 6.07) is 12.1. The van der Waals surface area contributed by atoms with Crippen molar-refractivity contribution in [2.45, 2.75) is 38.3 Å². The first-order valence-electron chi connectivity index (χ1n) is 11.1. The van der Waals surface area contributed by atoms with Gasteiger partial charge in [0.25, 0.3) is 5.91 Å². The lowest BCUT2D eigenvalue weighted by Gasteiger charge is -2.34. The molecule has 31 heavy (non-hydrogen) atoms. The molecule has 5 rings (SSSR count). The van der Waals surface area contributed by atoms with Gasteiger partial charge in [-0.15, -0.1) is 11.3 Å². The van der Waals surface area contributed by atoms with E-state index in [4.69, 9.17) is 0 Å². The molecule has 2 aromatic heterocycles. The highest BCUT2D eigenvalue weighted by Gasteiger charge is 2.32. The van der Waals surface area contributed by atoms with E-state index in [1.807, 2.05) is 20.0 Å². The Bertz CT molecular complexity index is 1080. The highest BCUT2D eigenvalue weighted by atomic mass is 32.1. The maximum Gasteiger partial charge on any atom is 0.263 e. The number of hydrogen-bond acceptors (Lipinski definition) is 6. The number of rotatable bonds is 6. The van der Waals surface area contributed by atoms with Crippen molar-refractivity contribution in [1.82, 2.24) is 15.6 Å². The molecule has 0 aliphatic carbocycles. The van der Waals surface area contributed by atoms with Crippen LogP contribution in [0, 0.1) is 6.92 Å². The van der Waals surface area contributed by atoms with Crippen molar-refractivity contribution in [3.05, 3.63) is 52.5 Å². The molecule has 3 aromatic rings. The molecule has 1 amide bonds. The minimum atomic E-state index is -0.0420. The Kier molecular flexibility index (Phi) is 5.54. The second kappa shape index (κ2) is 8.48. The van der Waals surface area contributed by atoms with Crippen molar-refractivity contribution in [1.29, 1.82) is 0 Å². The molecular formula is C24H29N5OS. The van der Waals surface area contributed by atoms with Crippen molar-refractivity contribution in [3.63, 3.8) is 0 Å². The van der Waals surface area contributed by atoms with E-state index in [1.165, 1.54) is 35.4 Å². The molecule has 1 unspecified atom stereocenters. The topological polar surface area (TPSA) is 69.3 Å². The van der Waals surface area contributed by atoms with Gasteiger partial charge < -0.3 is 20.9 Å². The summed E-state index contributed by atoms with van der Waals surface area (Å²) in [6.45, 7) is 4.86. The second-order valence-electron chi connectivity index (χ2n) is 8.58. The molecule has 0 saturated carbocycles. The van der Waals surface area contributed by atoms with Crippen LogP contribution in [0.3, 0.4) is 0 Å². The van der Waals surface area contributed by atoms with Gasteiger partial charge in [-0.05, 0) is 55.5 Å². The first-order valence-corrected chi connectivity index (χ1v) is 11.9. The van der Waals surface area contributed by atoms with Crippen LogP contribution in [-0.2, 0) is 6.42 Å². The predicted octanol–water partition coefficient (Wildman–Crippen LogP) is 3.56. The van der Waals surface area contributed by atoms with Crippen LogP contribution in [0.5, 0.6) is 0 Å². The van der Waals surface area contributed by atoms with Gasteiger partial charge in [0.15, 0.2) is 0 Å². The zero-order valence-corrected chi connectivity index (χ0v) is 18.9. The smallest absolute Gasteiger partial charge is 0.263 e. The highest BCUT2D eigenvalue weighted by Crippen LogP contribution is 2.36. The molecule has 2 atom stereocenters. The first-order chi connectivity index (χ1) is 15.1. The van der Waals surface area contributed by atoms with Crippen molar-refractivity contribution in [2.24, 2.45) is 0 Å². The number of aromatic nitrogens is 1. The van der Waals surface area contributed by atoms with E-state index in [0.29, 0.717) is 23.5 Å². The average molecular weight is 436 g/mol. The summed E-state index contributed by atoms with van der Waals surface area (Å²) in [5, 5.41) is 11.0. The zero-order valence-electron chi connectivity index (χ0n) is 18.1. The molecule has 4 heterocycles. The standard InChI is InChI=1S/C24H29N5OS/c1-15-9-11-27-24-20(15)21(25-2)22(31-24)23(30)26-12-10-16-3-7-19(8-4-16)29-13-17-5-6-18(14-29)28-17/h3-4,7-9,11,17-18,25,28H,5-6,10,12-14H2,1-2H3,(H,26,30)/t17-,18?/m0/s1. The van der Waals surface area contributed by atoms with E-state index in [2.05, 4.69) is 50.1 Å². The third-order valence-corrected chi connectivity index (χ3v) is 7.57. The van der Waals surface area contributed by atoms with Gasteiger partial charge in [0.1, 0.15) is 9.71 Å². The first kappa shape index (κ1) is 20.3. The third-order valence-electron chi connectivity index (χ3n) is 6.47. The van der Waals surface area contributed by atoms with Crippen LogP contribution in [0.2, 0.25) is 0 Å². The molecule has 3 N–H and O–H groups in total. The number of nitrogens with one attached hydrogen (secondary N) is 3. The Hall–Kier alpha value is -2.64. The van der Waals surface area contributed by atoms with Gasteiger partial charge in [-0.2, -0.15) is 0 Å². The lowest BCUT2D eigenvalue weighted by molar-refractivity contribution is 0.0959. The minimum absolute atomic E-state index is 0.0420. The van der Waals surface area contributed by atoms with E-state index in [1.54, 1.807) is 6.20 Å². The predicted molar refractivity (Wildman–Crippen MR) is 129 cm³/mol. The van der Waals surface area contributed by atoms with Gasteiger partial charge in [0, 0.05) is 56.0 Å².